The van der Waals surface area contributed by atoms with E-state index in [4.69, 9.17) is 4.74 Å². The third kappa shape index (κ3) is 0.776. The third-order valence-electron chi connectivity index (χ3n) is 7.98. The van der Waals surface area contributed by atoms with E-state index in [0.717, 1.165) is 5.75 Å². The molecule has 3 aliphatic heterocycles. The average molecular weight is 333 g/mol. The lowest BCUT2D eigenvalue weighted by Crippen LogP contribution is -2.54. The van der Waals surface area contributed by atoms with Gasteiger partial charge in [-0.1, -0.05) is 0 Å². The summed E-state index contributed by atoms with van der Waals surface area (Å²) >= 11 is 1.72. The number of carbonyl (C=O) groups excluding carboxylic acids is 1. The van der Waals surface area contributed by atoms with Crippen LogP contribution in [-0.2, 0) is 16.6 Å². The Morgan fingerprint density at radius 1 is 1.17 bits per heavy atom. The molecule has 9 atom stereocenters. The minimum absolute atomic E-state index is 0.0493. The molecule has 0 unspecified atom stereocenters. The molecule has 0 amide bonds. The highest BCUT2D eigenvalue weighted by Crippen LogP contribution is 3.05. The standard InChI is InChI=1S/C15H15N3O4S/c1-4(19)22-11-15-8-5-6-7(5)10(15)18-13(21)16(2)12(20)17(18)9(6)14(8,15)3-23-11/h5-11H,3H2,1-2H3/t5-,6+,7+,8-,9-,10+,11-,14-,15+/m1/s1. The Morgan fingerprint density at radius 3 is 2.52 bits per heavy atom. The summed E-state index contributed by atoms with van der Waals surface area (Å²) in [5.74, 6) is 2.98. The number of esters is 1. The summed E-state index contributed by atoms with van der Waals surface area (Å²) in [5.41, 5.74) is -0.532. The average Bonchev–Trinajstić information content (AvgIpc) is 3.19. The monoisotopic (exact) mass is 333 g/mol. The zero-order valence-electron chi connectivity index (χ0n) is 12.6. The van der Waals surface area contributed by atoms with E-state index < -0.39 is 0 Å². The first kappa shape index (κ1) is 12.0. The first-order valence-corrected chi connectivity index (χ1v) is 9.23. The Balaban J connectivity index is 1.55. The molecule has 23 heavy (non-hydrogen) atoms. The maximum Gasteiger partial charge on any atom is 0.347 e. The molecule has 1 saturated heterocycles. The first-order valence-electron chi connectivity index (χ1n) is 8.18. The molecule has 5 fully saturated rings. The summed E-state index contributed by atoms with van der Waals surface area (Å²) in [6.07, 6.45) is 0. The molecule has 2 spiro atoms. The van der Waals surface area contributed by atoms with Gasteiger partial charge in [0.15, 0.2) is 5.44 Å². The summed E-state index contributed by atoms with van der Waals surface area (Å²) in [4.78, 5) is 36.9. The Bertz CT molecular complexity index is 976. The van der Waals surface area contributed by atoms with Gasteiger partial charge in [-0.2, -0.15) is 0 Å². The van der Waals surface area contributed by atoms with Gasteiger partial charge in [0, 0.05) is 25.1 Å². The maximum absolute atomic E-state index is 12.7. The van der Waals surface area contributed by atoms with E-state index in [-0.39, 0.29) is 45.7 Å². The molecule has 120 valence electrons. The van der Waals surface area contributed by atoms with Crippen LogP contribution in [0.25, 0.3) is 0 Å². The van der Waals surface area contributed by atoms with Crippen LogP contribution < -0.4 is 11.4 Å². The van der Waals surface area contributed by atoms with E-state index in [9.17, 15) is 14.4 Å². The minimum Gasteiger partial charge on any atom is -0.451 e. The number of ether oxygens (including phenoxy) is 1. The van der Waals surface area contributed by atoms with Crippen LogP contribution in [0.1, 0.15) is 19.0 Å². The maximum atomic E-state index is 12.7. The lowest BCUT2D eigenvalue weighted by Gasteiger charge is -2.46. The topological polar surface area (TPSA) is 75.2 Å². The van der Waals surface area contributed by atoms with Crippen molar-refractivity contribution >= 4 is 17.7 Å². The zero-order valence-corrected chi connectivity index (χ0v) is 13.4. The van der Waals surface area contributed by atoms with Crippen LogP contribution in [0.15, 0.2) is 9.59 Å². The van der Waals surface area contributed by atoms with E-state index in [1.54, 1.807) is 28.2 Å². The molecule has 0 N–H and O–H groups in total. The Kier molecular flexibility index (Phi) is 1.49. The van der Waals surface area contributed by atoms with Gasteiger partial charge in [-0.25, -0.2) is 23.5 Å². The van der Waals surface area contributed by atoms with Gasteiger partial charge in [0.2, 0.25) is 0 Å². The molecule has 1 aromatic heterocycles. The van der Waals surface area contributed by atoms with Crippen molar-refractivity contribution in [2.24, 2.45) is 41.5 Å². The summed E-state index contributed by atoms with van der Waals surface area (Å²) in [5, 5.41) is 0. The molecule has 7 aliphatic rings. The second kappa shape index (κ2) is 2.85. The van der Waals surface area contributed by atoms with Gasteiger partial charge >= 0.3 is 17.3 Å². The fourth-order valence-corrected chi connectivity index (χ4v) is 9.81. The molecular formula is C15H15N3O4S. The van der Waals surface area contributed by atoms with Crippen molar-refractivity contribution in [2.75, 3.05) is 5.75 Å². The lowest BCUT2D eigenvalue weighted by molar-refractivity contribution is -0.148. The highest BCUT2D eigenvalue weighted by Gasteiger charge is 3.06. The number of thioether (sulfide) groups is 1. The lowest BCUT2D eigenvalue weighted by atomic mass is 9.72. The zero-order chi connectivity index (χ0) is 15.6. The highest BCUT2D eigenvalue weighted by atomic mass is 32.2. The van der Waals surface area contributed by atoms with E-state index in [0.29, 0.717) is 23.7 Å². The number of hydrogen-bond acceptors (Lipinski definition) is 5. The molecule has 0 radical (unpaired) electrons. The Morgan fingerprint density at radius 2 is 1.83 bits per heavy atom. The SMILES string of the molecule is CC(=O)O[C@@H]1SC[C@@]23[C@H]4[C@H]5[C@H]6[C@H]5[C@H]2n2c(=O)n(C)c(=O)n2[C@@H]6[C@]143. The van der Waals surface area contributed by atoms with Crippen molar-refractivity contribution in [2.45, 2.75) is 24.4 Å². The molecule has 8 rings (SSSR count). The van der Waals surface area contributed by atoms with E-state index >= 15 is 0 Å². The quantitative estimate of drug-likeness (QED) is 0.652. The van der Waals surface area contributed by atoms with Gasteiger partial charge in [-0.05, 0) is 23.7 Å². The van der Waals surface area contributed by atoms with Crippen molar-refractivity contribution in [1.29, 1.82) is 0 Å². The van der Waals surface area contributed by atoms with Crippen molar-refractivity contribution < 1.29 is 9.53 Å². The second-order valence-corrected chi connectivity index (χ2v) is 9.19. The molecule has 7 nitrogen and oxygen atoms in total. The predicted molar refractivity (Wildman–Crippen MR) is 78.8 cm³/mol. The molecule has 4 saturated carbocycles. The molecule has 1 aromatic rings. The van der Waals surface area contributed by atoms with Crippen molar-refractivity contribution in [3.63, 3.8) is 0 Å². The van der Waals surface area contributed by atoms with Crippen molar-refractivity contribution in [3.8, 4) is 0 Å². The van der Waals surface area contributed by atoms with Crippen LogP contribution >= 0.6 is 11.8 Å². The molecule has 4 aliphatic carbocycles. The minimum atomic E-state index is -0.246. The number of nitrogens with zero attached hydrogens (tertiary/aromatic N) is 3. The predicted octanol–water partition coefficient (Wildman–Crippen LogP) is -0.428. The molecular weight excluding hydrogens is 318 g/mol. The van der Waals surface area contributed by atoms with E-state index in [1.807, 2.05) is 0 Å². The van der Waals surface area contributed by atoms with Gasteiger partial charge in [0.1, 0.15) is 0 Å². The molecule has 2 bridgehead atoms. The fourth-order valence-electron chi connectivity index (χ4n) is 7.80. The van der Waals surface area contributed by atoms with E-state index in [2.05, 4.69) is 0 Å². The summed E-state index contributed by atoms with van der Waals surface area (Å²) in [6.45, 7) is 1.46. The summed E-state index contributed by atoms with van der Waals surface area (Å²) in [7, 11) is 1.57. The van der Waals surface area contributed by atoms with Crippen molar-refractivity contribution in [3.05, 3.63) is 21.0 Å². The number of carbonyl (C=O) groups is 1. The van der Waals surface area contributed by atoms with Gasteiger partial charge in [0.25, 0.3) is 0 Å². The van der Waals surface area contributed by atoms with Gasteiger partial charge in [-0.15, -0.1) is 11.8 Å². The normalized spacial score (nSPS) is 57.2. The van der Waals surface area contributed by atoms with Gasteiger partial charge < -0.3 is 4.74 Å². The van der Waals surface area contributed by atoms with Gasteiger partial charge in [0.05, 0.1) is 17.5 Å². The Labute approximate surface area is 134 Å². The second-order valence-electron chi connectivity index (χ2n) is 8.14. The highest BCUT2D eigenvalue weighted by molar-refractivity contribution is 8.00. The van der Waals surface area contributed by atoms with Crippen LogP contribution in [0.4, 0.5) is 0 Å². The van der Waals surface area contributed by atoms with Crippen LogP contribution in [-0.4, -0.2) is 31.1 Å². The fraction of sp³-hybridized carbons (Fsp3) is 0.800. The van der Waals surface area contributed by atoms with Crippen LogP contribution in [0.5, 0.6) is 0 Å². The molecule has 0 aromatic carbocycles. The first-order chi connectivity index (χ1) is 11.0. The Hall–Kier alpha value is -1.44. The summed E-state index contributed by atoms with van der Waals surface area (Å²) < 4.78 is 10.4. The van der Waals surface area contributed by atoms with E-state index in [1.165, 1.54) is 11.5 Å². The van der Waals surface area contributed by atoms with Crippen LogP contribution in [0, 0.1) is 34.5 Å². The van der Waals surface area contributed by atoms with Crippen LogP contribution in [0.2, 0.25) is 0 Å². The number of aromatic nitrogens is 3. The smallest absolute Gasteiger partial charge is 0.347 e. The number of rotatable bonds is 1. The van der Waals surface area contributed by atoms with Crippen molar-refractivity contribution in [1.82, 2.24) is 13.9 Å². The molecule has 4 heterocycles. The number of hydrogen-bond donors (Lipinski definition) is 0. The largest absolute Gasteiger partial charge is 0.451 e. The van der Waals surface area contributed by atoms with Gasteiger partial charge in [-0.3, -0.25) is 4.79 Å². The van der Waals surface area contributed by atoms with Crippen LogP contribution in [0.3, 0.4) is 0 Å². The molecule has 8 heteroatoms. The third-order valence-corrected chi connectivity index (χ3v) is 9.41. The summed E-state index contributed by atoms with van der Waals surface area (Å²) in [6, 6.07) is 0.190.